The smallest absolute Gasteiger partial charge is 0.306 e. The number of aliphatic carboxylic acids is 1. The van der Waals surface area contributed by atoms with E-state index in [4.69, 9.17) is 9.84 Å². The highest BCUT2D eigenvalue weighted by Crippen LogP contribution is 2.67. The van der Waals surface area contributed by atoms with E-state index >= 15 is 0 Å². The summed E-state index contributed by atoms with van der Waals surface area (Å²) < 4.78 is 6.01. The van der Waals surface area contributed by atoms with E-state index in [9.17, 15) is 9.59 Å². The van der Waals surface area contributed by atoms with Crippen LogP contribution in [0.4, 0.5) is 0 Å². The van der Waals surface area contributed by atoms with Crippen LogP contribution in [0.25, 0.3) is 0 Å². The van der Waals surface area contributed by atoms with E-state index in [-0.39, 0.29) is 18.5 Å². The monoisotopic (exact) mass is 528 g/mol. The van der Waals surface area contributed by atoms with Crippen LogP contribution in [0.2, 0.25) is 0 Å². The van der Waals surface area contributed by atoms with Gasteiger partial charge in [-0.25, -0.2) is 0 Å². The first-order valence-electron chi connectivity index (χ1n) is 16.1. The molecule has 38 heavy (non-hydrogen) atoms. The molecule has 0 aliphatic heterocycles. The van der Waals surface area contributed by atoms with Crippen molar-refractivity contribution in [2.75, 3.05) is 0 Å². The Morgan fingerprint density at radius 1 is 0.947 bits per heavy atom. The van der Waals surface area contributed by atoms with Gasteiger partial charge in [0.1, 0.15) is 6.10 Å². The minimum atomic E-state index is -0.796. The van der Waals surface area contributed by atoms with E-state index in [0.29, 0.717) is 47.8 Å². The fraction of sp³-hybridized carbons (Fsp3) is 0.882. The number of carboxylic acids is 1. The Kier molecular flexibility index (Phi) is 9.40. The second-order valence-corrected chi connectivity index (χ2v) is 14.7. The first kappa shape index (κ1) is 29.7. The number of rotatable bonds is 11. The zero-order valence-corrected chi connectivity index (χ0v) is 25.3. The molecular formula is C34H56O4. The number of allylic oxidation sites excluding steroid dienone is 2. The van der Waals surface area contributed by atoms with Crippen LogP contribution in [0.15, 0.2) is 11.6 Å². The van der Waals surface area contributed by atoms with Gasteiger partial charge in [-0.05, 0) is 110 Å². The summed E-state index contributed by atoms with van der Waals surface area (Å²) in [5.74, 6) is 4.00. The van der Waals surface area contributed by atoms with Crippen molar-refractivity contribution in [3.8, 4) is 0 Å². The molecule has 0 saturated heterocycles. The lowest BCUT2D eigenvalue weighted by molar-refractivity contribution is -0.161. The molecule has 4 nitrogen and oxygen atoms in total. The molecule has 0 bridgehead atoms. The van der Waals surface area contributed by atoms with Gasteiger partial charge in [-0.1, -0.05) is 72.5 Å². The van der Waals surface area contributed by atoms with Crippen LogP contribution in [0, 0.1) is 52.3 Å². The number of ether oxygens (including phenoxy) is 1. The molecule has 9 atom stereocenters. The zero-order chi connectivity index (χ0) is 27.7. The second-order valence-electron chi connectivity index (χ2n) is 14.7. The molecule has 0 amide bonds. The van der Waals surface area contributed by atoms with Gasteiger partial charge in [0, 0.05) is 12.8 Å². The highest BCUT2D eigenvalue weighted by Gasteiger charge is 2.59. The van der Waals surface area contributed by atoms with Crippen molar-refractivity contribution < 1.29 is 19.4 Å². The normalized spacial score (nSPS) is 39.1. The number of carbonyl (C=O) groups is 2. The van der Waals surface area contributed by atoms with Crippen LogP contribution in [-0.2, 0) is 14.3 Å². The molecular weight excluding hydrogens is 472 g/mol. The fourth-order valence-electron chi connectivity index (χ4n) is 9.90. The lowest BCUT2D eigenvalue weighted by Crippen LogP contribution is -2.53. The van der Waals surface area contributed by atoms with Gasteiger partial charge in [-0.3, -0.25) is 9.59 Å². The average molecular weight is 529 g/mol. The van der Waals surface area contributed by atoms with Gasteiger partial charge in [0.15, 0.2) is 0 Å². The zero-order valence-electron chi connectivity index (χ0n) is 25.3. The van der Waals surface area contributed by atoms with E-state index in [1.165, 1.54) is 44.9 Å². The minimum absolute atomic E-state index is 0.00593. The summed E-state index contributed by atoms with van der Waals surface area (Å²) in [5, 5.41) is 8.82. The number of carbonyl (C=O) groups excluding carboxylic acids is 1. The van der Waals surface area contributed by atoms with Crippen LogP contribution in [0.5, 0.6) is 0 Å². The van der Waals surface area contributed by atoms with E-state index in [1.54, 1.807) is 0 Å². The largest absolute Gasteiger partial charge is 0.481 e. The van der Waals surface area contributed by atoms with E-state index < -0.39 is 5.97 Å². The third kappa shape index (κ3) is 5.90. The number of fused-ring (bicyclic) bond motifs is 5. The molecule has 4 rings (SSSR count). The molecule has 4 aliphatic carbocycles. The van der Waals surface area contributed by atoms with Crippen molar-refractivity contribution in [2.45, 2.75) is 138 Å². The fourth-order valence-corrected chi connectivity index (χ4v) is 9.90. The van der Waals surface area contributed by atoms with Crippen molar-refractivity contribution in [3.63, 3.8) is 0 Å². The van der Waals surface area contributed by atoms with Gasteiger partial charge in [0.2, 0.25) is 0 Å². The maximum absolute atomic E-state index is 12.5. The van der Waals surface area contributed by atoms with E-state index in [2.05, 4.69) is 47.6 Å². The standard InChI is InChI=1S/C34H56O4/c1-22(2)10-9-11-23(3)26-16-17-28-25-14-15-27-24(4)30(38-32(37)13-8-7-12-31(35)36)19-21-34(27,6)29(25)18-20-33(26,28)5/h14,22-24,26-30H,7-13,15-21H2,1-6H3,(H,35,36)/t23-,24+,26-,27+,28+,29+,30+,33-,34+/m1/s1. The molecule has 0 aromatic carbocycles. The molecule has 216 valence electrons. The Hall–Kier alpha value is -1.32. The second kappa shape index (κ2) is 12.0. The topological polar surface area (TPSA) is 63.6 Å². The SMILES string of the molecule is CC(C)CCC[C@@H](C)[C@H]1CC[C@H]2C3=CC[C@H]4[C@H](C)[C@@H](OC(=O)CCCCC(=O)O)CC[C@]4(C)[C@H]3CC[C@]12C. The summed E-state index contributed by atoms with van der Waals surface area (Å²) in [6.45, 7) is 14.8. The first-order chi connectivity index (χ1) is 18.0. The summed E-state index contributed by atoms with van der Waals surface area (Å²) in [7, 11) is 0. The Morgan fingerprint density at radius 3 is 2.34 bits per heavy atom. The molecule has 3 saturated carbocycles. The Morgan fingerprint density at radius 2 is 1.63 bits per heavy atom. The number of hydrogen-bond donors (Lipinski definition) is 1. The van der Waals surface area contributed by atoms with Crippen LogP contribution in [-0.4, -0.2) is 23.1 Å². The molecule has 0 aromatic heterocycles. The maximum atomic E-state index is 12.5. The summed E-state index contributed by atoms with van der Waals surface area (Å²) in [5.41, 5.74) is 2.60. The van der Waals surface area contributed by atoms with Crippen LogP contribution < -0.4 is 0 Å². The van der Waals surface area contributed by atoms with Crippen molar-refractivity contribution in [2.24, 2.45) is 52.3 Å². The lowest BCUT2D eigenvalue weighted by Gasteiger charge is -2.59. The van der Waals surface area contributed by atoms with Crippen molar-refractivity contribution in [3.05, 3.63) is 11.6 Å². The summed E-state index contributed by atoms with van der Waals surface area (Å²) >= 11 is 0. The molecule has 0 unspecified atom stereocenters. The number of esters is 1. The number of carboxylic acid groups (broad SMARTS) is 1. The summed E-state index contributed by atoms with van der Waals surface area (Å²) in [4.78, 5) is 23.3. The predicted octanol–water partition coefficient (Wildman–Crippen LogP) is 8.83. The molecule has 0 heterocycles. The van der Waals surface area contributed by atoms with Crippen molar-refractivity contribution >= 4 is 11.9 Å². The Labute approximate surface area is 232 Å². The first-order valence-corrected chi connectivity index (χ1v) is 16.1. The molecule has 0 radical (unpaired) electrons. The van der Waals surface area contributed by atoms with E-state index in [1.807, 2.05) is 5.57 Å². The van der Waals surface area contributed by atoms with Gasteiger partial charge in [0.05, 0.1) is 0 Å². The summed E-state index contributed by atoms with van der Waals surface area (Å²) in [6, 6.07) is 0. The van der Waals surface area contributed by atoms with Gasteiger partial charge in [-0.2, -0.15) is 0 Å². The number of unbranched alkanes of at least 4 members (excludes halogenated alkanes) is 1. The summed E-state index contributed by atoms with van der Waals surface area (Å²) in [6.07, 6.45) is 17.2. The molecule has 4 heteroatoms. The third-order valence-corrected chi connectivity index (χ3v) is 12.1. The lowest BCUT2D eigenvalue weighted by atomic mass is 9.46. The van der Waals surface area contributed by atoms with Crippen LogP contribution in [0.3, 0.4) is 0 Å². The van der Waals surface area contributed by atoms with Gasteiger partial charge in [-0.15, -0.1) is 0 Å². The molecule has 1 N–H and O–H groups in total. The Bertz CT molecular complexity index is 876. The minimum Gasteiger partial charge on any atom is -0.481 e. The highest BCUT2D eigenvalue weighted by molar-refractivity contribution is 5.70. The van der Waals surface area contributed by atoms with Crippen molar-refractivity contribution in [1.29, 1.82) is 0 Å². The number of hydrogen-bond acceptors (Lipinski definition) is 3. The van der Waals surface area contributed by atoms with E-state index in [0.717, 1.165) is 42.9 Å². The molecule has 4 aliphatic rings. The van der Waals surface area contributed by atoms with Gasteiger partial charge < -0.3 is 9.84 Å². The van der Waals surface area contributed by atoms with Gasteiger partial charge in [0.25, 0.3) is 0 Å². The molecule has 3 fully saturated rings. The Balaban J connectivity index is 1.39. The van der Waals surface area contributed by atoms with Crippen molar-refractivity contribution in [1.82, 2.24) is 0 Å². The predicted molar refractivity (Wildman–Crippen MR) is 154 cm³/mol. The highest BCUT2D eigenvalue weighted by atomic mass is 16.5. The van der Waals surface area contributed by atoms with Crippen LogP contribution >= 0.6 is 0 Å². The van der Waals surface area contributed by atoms with Gasteiger partial charge >= 0.3 is 11.9 Å². The quantitative estimate of drug-likeness (QED) is 0.165. The average Bonchev–Trinajstić information content (AvgIpc) is 3.21. The van der Waals surface area contributed by atoms with Crippen LogP contribution in [0.1, 0.15) is 131 Å². The molecule has 0 aromatic rings. The maximum Gasteiger partial charge on any atom is 0.306 e. The third-order valence-electron chi connectivity index (χ3n) is 12.1. The molecule has 0 spiro atoms.